The lowest BCUT2D eigenvalue weighted by molar-refractivity contribution is 0.415. The van der Waals surface area contributed by atoms with Gasteiger partial charge in [0.25, 0.3) is 0 Å². The summed E-state index contributed by atoms with van der Waals surface area (Å²) in [5.74, 6) is 3.40. The Hall–Kier alpha value is -1.72. The van der Waals surface area contributed by atoms with Gasteiger partial charge in [-0.25, -0.2) is 0 Å². The number of hydrogen-bond acceptors (Lipinski definition) is 2. The van der Waals surface area contributed by atoms with Crippen LogP contribution in [0.15, 0.2) is 35.0 Å². The van der Waals surface area contributed by atoms with Gasteiger partial charge in [0.15, 0.2) is 0 Å². The smallest absolute Gasteiger partial charge is 0.142 e. The van der Waals surface area contributed by atoms with Crippen molar-refractivity contribution >= 4 is 11.3 Å². The lowest BCUT2D eigenvalue weighted by Crippen LogP contribution is -1.90. The number of terminal acetylenes is 1. The van der Waals surface area contributed by atoms with Crippen molar-refractivity contribution in [2.45, 2.75) is 0 Å². The molecule has 0 aliphatic rings. The monoisotopic (exact) mass is 214 g/mol. The number of thiophene rings is 1. The second-order valence-electron chi connectivity index (χ2n) is 3.04. The summed E-state index contributed by atoms with van der Waals surface area (Å²) in [5.41, 5.74) is 2.99. The molecule has 74 valence electrons. The quantitative estimate of drug-likeness (QED) is 0.696. The SMILES string of the molecule is C#Cc1cccc(-c2ccsc2)c1OC. The van der Waals surface area contributed by atoms with Crippen molar-refractivity contribution in [1.29, 1.82) is 0 Å². The van der Waals surface area contributed by atoms with E-state index in [2.05, 4.69) is 17.4 Å². The number of ether oxygens (including phenoxy) is 1. The summed E-state index contributed by atoms with van der Waals surface area (Å²) in [6.07, 6.45) is 5.42. The summed E-state index contributed by atoms with van der Waals surface area (Å²) in [7, 11) is 1.64. The van der Waals surface area contributed by atoms with Crippen LogP contribution in [-0.2, 0) is 0 Å². The molecule has 1 heterocycles. The van der Waals surface area contributed by atoms with Gasteiger partial charge in [-0.15, -0.1) is 6.42 Å². The third-order valence-corrected chi connectivity index (χ3v) is 2.89. The van der Waals surface area contributed by atoms with Crippen LogP contribution in [-0.4, -0.2) is 7.11 Å². The van der Waals surface area contributed by atoms with Crippen LogP contribution >= 0.6 is 11.3 Å². The van der Waals surface area contributed by atoms with Gasteiger partial charge in [0, 0.05) is 5.56 Å². The first-order valence-corrected chi connectivity index (χ1v) is 5.47. The molecular weight excluding hydrogens is 204 g/mol. The number of rotatable bonds is 2. The van der Waals surface area contributed by atoms with Gasteiger partial charge < -0.3 is 4.74 Å². The highest BCUT2D eigenvalue weighted by Gasteiger charge is 2.08. The van der Waals surface area contributed by atoms with Gasteiger partial charge in [-0.1, -0.05) is 18.1 Å². The van der Waals surface area contributed by atoms with Crippen LogP contribution in [0.1, 0.15) is 5.56 Å². The zero-order valence-electron chi connectivity index (χ0n) is 8.36. The van der Waals surface area contributed by atoms with E-state index in [1.807, 2.05) is 23.6 Å². The van der Waals surface area contributed by atoms with Crippen molar-refractivity contribution in [3.63, 3.8) is 0 Å². The van der Waals surface area contributed by atoms with Crippen LogP contribution in [0.25, 0.3) is 11.1 Å². The number of methoxy groups -OCH3 is 1. The van der Waals surface area contributed by atoms with E-state index in [0.29, 0.717) is 0 Å². The van der Waals surface area contributed by atoms with Crippen molar-refractivity contribution in [2.24, 2.45) is 0 Å². The minimum absolute atomic E-state index is 0.776. The van der Waals surface area contributed by atoms with Gasteiger partial charge >= 0.3 is 0 Å². The van der Waals surface area contributed by atoms with E-state index in [-0.39, 0.29) is 0 Å². The molecule has 0 amide bonds. The molecule has 0 aliphatic carbocycles. The van der Waals surface area contributed by atoms with E-state index in [0.717, 1.165) is 22.4 Å². The van der Waals surface area contributed by atoms with Crippen molar-refractivity contribution < 1.29 is 4.74 Å². The minimum atomic E-state index is 0.776. The Bertz CT molecular complexity index is 492. The fraction of sp³-hybridized carbons (Fsp3) is 0.0769. The van der Waals surface area contributed by atoms with Crippen LogP contribution in [0.3, 0.4) is 0 Å². The van der Waals surface area contributed by atoms with Gasteiger partial charge in [0.1, 0.15) is 5.75 Å². The highest BCUT2D eigenvalue weighted by molar-refractivity contribution is 7.08. The van der Waals surface area contributed by atoms with E-state index in [1.165, 1.54) is 0 Å². The Labute approximate surface area is 93.3 Å². The second kappa shape index (κ2) is 4.20. The summed E-state index contributed by atoms with van der Waals surface area (Å²) < 4.78 is 5.35. The molecule has 0 radical (unpaired) electrons. The van der Waals surface area contributed by atoms with Crippen LogP contribution in [0.5, 0.6) is 5.75 Å². The van der Waals surface area contributed by atoms with Gasteiger partial charge in [-0.05, 0) is 28.5 Å². The highest BCUT2D eigenvalue weighted by Crippen LogP contribution is 2.33. The fourth-order valence-corrected chi connectivity index (χ4v) is 2.17. The number of hydrogen-bond donors (Lipinski definition) is 0. The van der Waals surface area contributed by atoms with Crippen LogP contribution in [0, 0.1) is 12.3 Å². The zero-order chi connectivity index (χ0) is 10.7. The lowest BCUT2D eigenvalue weighted by atomic mass is 10.0. The summed E-state index contributed by atoms with van der Waals surface area (Å²) in [5, 5.41) is 4.12. The van der Waals surface area contributed by atoms with E-state index in [9.17, 15) is 0 Å². The van der Waals surface area contributed by atoms with Crippen molar-refractivity contribution in [2.75, 3.05) is 7.11 Å². The van der Waals surface area contributed by atoms with Crippen molar-refractivity contribution in [3.8, 4) is 29.2 Å². The predicted octanol–water partition coefficient (Wildman–Crippen LogP) is 3.41. The third kappa shape index (κ3) is 1.74. The Kier molecular flexibility index (Phi) is 2.75. The Balaban J connectivity index is 2.63. The van der Waals surface area contributed by atoms with E-state index in [1.54, 1.807) is 18.4 Å². The topological polar surface area (TPSA) is 9.23 Å². The van der Waals surface area contributed by atoms with E-state index < -0.39 is 0 Å². The molecule has 2 rings (SSSR count). The molecule has 0 aliphatic heterocycles. The fourth-order valence-electron chi connectivity index (χ4n) is 1.52. The third-order valence-electron chi connectivity index (χ3n) is 2.21. The normalized spacial score (nSPS) is 9.60. The summed E-state index contributed by atoms with van der Waals surface area (Å²) in [6, 6.07) is 7.91. The molecule has 1 aromatic carbocycles. The summed E-state index contributed by atoms with van der Waals surface area (Å²) in [6.45, 7) is 0. The van der Waals surface area contributed by atoms with Gasteiger partial charge in [-0.3, -0.25) is 0 Å². The molecule has 0 atom stereocenters. The molecule has 0 bridgehead atoms. The summed E-state index contributed by atoms with van der Waals surface area (Å²) in [4.78, 5) is 0. The standard InChI is InChI=1S/C13H10OS/c1-3-10-5-4-6-12(13(10)14-2)11-7-8-15-9-11/h1,4-9H,2H3. The Morgan fingerprint density at radius 1 is 1.33 bits per heavy atom. The Morgan fingerprint density at radius 3 is 2.80 bits per heavy atom. The molecule has 0 unspecified atom stereocenters. The van der Waals surface area contributed by atoms with E-state index in [4.69, 9.17) is 11.2 Å². The molecule has 0 saturated heterocycles. The average molecular weight is 214 g/mol. The van der Waals surface area contributed by atoms with Crippen LogP contribution < -0.4 is 4.74 Å². The maximum atomic E-state index is 5.42. The van der Waals surface area contributed by atoms with Crippen molar-refractivity contribution in [1.82, 2.24) is 0 Å². The average Bonchev–Trinajstić information content (AvgIpc) is 2.81. The van der Waals surface area contributed by atoms with Gasteiger partial charge in [-0.2, -0.15) is 11.3 Å². The maximum absolute atomic E-state index is 5.42. The molecule has 1 nitrogen and oxygen atoms in total. The van der Waals surface area contributed by atoms with E-state index >= 15 is 0 Å². The second-order valence-corrected chi connectivity index (χ2v) is 3.82. The lowest BCUT2D eigenvalue weighted by Gasteiger charge is -2.08. The van der Waals surface area contributed by atoms with Crippen LogP contribution in [0.4, 0.5) is 0 Å². The highest BCUT2D eigenvalue weighted by atomic mass is 32.1. The first kappa shape index (κ1) is 9.82. The predicted molar refractivity (Wildman–Crippen MR) is 64.2 cm³/mol. The number of para-hydroxylation sites is 1. The first-order chi connectivity index (χ1) is 7.36. The molecule has 2 aromatic rings. The largest absolute Gasteiger partial charge is 0.495 e. The molecular formula is C13H10OS. The molecule has 1 aromatic heterocycles. The zero-order valence-corrected chi connectivity index (χ0v) is 9.17. The van der Waals surface area contributed by atoms with Gasteiger partial charge in [0.05, 0.1) is 12.7 Å². The maximum Gasteiger partial charge on any atom is 0.142 e. The Morgan fingerprint density at radius 2 is 2.20 bits per heavy atom. The molecule has 15 heavy (non-hydrogen) atoms. The van der Waals surface area contributed by atoms with Crippen molar-refractivity contribution in [3.05, 3.63) is 40.6 Å². The minimum Gasteiger partial charge on any atom is -0.495 e. The molecule has 0 N–H and O–H groups in total. The molecule has 0 saturated carbocycles. The first-order valence-electron chi connectivity index (χ1n) is 4.53. The number of benzene rings is 1. The molecule has 0 fully saturated rings. The van der Waals surface area contributed by atoms with Gasteiger partial charge in [0.2, 0.25) is 0 Å². The van der Waals surface area contributed by atoms with Crippen LogP contribution in [0.2, 0.25) is 0 Å². The molecule has 2 heteroatoms. The summed E-state index contributed by atoms with van der Waals surface area (Å²) >= 11 is 1.66. The molecule has 0 spiro atoms.